The second kappa shape index (κ2) is 7.87. The van der Waals surface area contributed by atoms with Gasteiger partial charge in [-0.05, 0) is 68.1 Å². The zero-order chi connectivity index (χ0) is 22.6. The van der Waals surface area contributed by atoms with Gasteiger partial charge in [0.2, 0.25) is 6.79 Å². The van der Waals surface area contributed by atoms with Crippen molar-refractivity contribution < 1.29 is 28.9 Å². The summed E-state index contributed by atoms with van der Waals surface area (Å²) in [6, 6.07) is 6.00. The highest BCUT2D eigenvalue weighted by Crippen LogP contribution is 2.62. The van der Waals surface area contributed by atoms with Crippen LogP contribution in [0.2, 0.25) is 0 Å². The maximum atomic E-state index is 13.0. The van der Waals surface area contributed by atoms with E-state index in [-0.39, 0.29) is 25.3 Å². The summed E-state index contributed by atoms with van der Waals surface area (Å²) in [4.78, 5) is 29.9. The van der Waals surface area contributed by atoms with Gasteiger partial charge in [0.05, 0.1) is 11.0 Å². The molecule has 1 aromatic rings. The van der Waals surface area contributed by atoms with Gasteiger partial charge in [0.1, 0.15) is 0 Å². The van der Waals surface area contributed by atoms with Crippen molar-refractivity contribution in [3.8, 4) is 11.5 Å². The predicted molar refractivity (Wildman–Crippen MR) is 117 cm³/mol. The Kier molecular flexibility index (Phi) is 5.07. The molecule has 5 fully saturated rings. The maximum absolute atomic E-state index is 13.0. The van der Waals surface area contributed by atoms with Crippen LogP contribution in [0.1, 0.15) is 44.1 Å². The van der Waals surface area contributed by atoms with Gasteiger partial charge in [-0.1, -0.05) is 6.07 Å². The molecule has 4 saturated carbocycles. The lowest BCUT2D eigenvalue weighted by atomic mass is 9.48. The van der Waals surface area contributed by atoms with Crippen molar-refractivity contribution >= 4 is 11.9 Å². The number of ether oxygens (including phenoxy) is 3. The van der Waals surface area contributed by atoms with E-state index in [0.29, 0.717) is 31.3 Å². The van der Waals surface area contributed by atoms with Gasteiger partial charge in [-0.25, -0.2) is 0 Å². The first-order valence-electron chi connectivity index (χ1n) is 12.2. The monoisotopic (exact) mass is 456 g/mol. The zero-order valence-corrected chi connectivity index (χ0v) is 19.0. The minimum Gasteiger partial charge on any atom is -0.455 e. The van der Waals surface area contributed by atoms with Gasteiger partial charge < -0.3 is 24.2 Å². The lowest BCUT2D eigenvalue weighted by molar-refractivity contribution is -0.197. The Morgan fingerprint density at radius 2 is 1.76 bits per heavy atom. The molecule has 2 heterocycles. The maximum Gasteiger partial charge on any atom is 0.312 e. The van der Waals surface area contributed by atoms with E-state index in [1.165, 1.54) is 0 Å². The van der Waals surface area contributed by atoms with Crippen LogP contribution in [-0.4, -0.2) is 72.0 Å². The van der Waals surface area contributed by atoms with E-state index in [9.17, 15) is 14.7 Å². The highest BCUT2D eigenvalue weighted by Gasteiger charge is 2.61. The number of fused-ring (bicyclic) bond motifs is 1. The summed E-state index contributed by atoms with van der Waals surface area (Å²) in [6.45, 7) is 3.65. The summed E-state index contributed by atoms with van der Waals surface area (Å²) in [5, 5.41) is 10.9. The number of esters is 1. The molecule has 0 spiro atoms. The Labute approximate surface area is 193 Å². The number of hydrogen-bond acceptors (Lipinski definition) is 7. The largest absolute Gasteiger partial charge is 0.455 e. The first kappa shape index (κ1) is 21.2. The normalized spacial score (nSPS) is 34.5. The molecule has 1 amide bonds. The Morgan fingerprint density at radius 1 is 1.03 bits per heavy atom. The van der Waals surface area contributed by atoms with Crippen LogP contribution in [0.4, 0.5) is 0 Å². The number of carbonyl (C=O) groups is 2. The molecule has 4 aliphatic carbocycles. The fraction of sp³-hybridized carbons (Fsp3) is 0.680. The second-order valence-electron chi connectivity index (χ2n) is 10.9. The molecule has 8 heteroatoms. The van der Waals surface area contributed by atoms with Gasteiger partial charge in [0, 0.05) is 32.7 Å². The smallest absolute Gasteiger partial charge is 0.312 e. The van der Waals surface area contributed by atoms with E-state index in [1.54, 1.807) is 4.90 Å². The van der Waals surface area contributed by atoms with Gasteiger partial charge in [-0.2, -0.15) is 0 Å². The molecule has 1 N–H and O–H groups in total. The molecule has 33 heavy (non-hydrogen) atoms. The summed E-state index contributed by atoms with van der Waals surface area (Å²) in [5.41, 5.74) is -0.130. The van der Waals surface area contributed by atoms with Crippen LogP contribution in [0.15, 0.2) is 18.2 Å². The first-order chi connectivity index (χ1) is 15.9. The lowest BCUT2D eigenvalue weighted by Gasteiger charge is -2.58. The van der Waals surface area contributed by atoms with Crippen LogP contribution in [-0.2, 0) is 20.9 Å². The van der Waals surface area contributed by atoms with Gasteiger partial charge in [-0.15, -0.1) is 0 Å². The summed E-state index contributed by atoms with van der Waals surface area (Å²) < 4.78 is 16.4. The van der Waals surface area contributed by atoms with Crippen LogP contribution in [0.25, 0.3) is 0 Å². The fourth-order valence-corrected chi connectivity index (χ4v) is 7.28. The Morgan fingerprint density at radius 3 is 2.48 bits per heavy atom. The highest BCUT2D eigenvalue weighted by atomic mass is 16.7. The average molecular weight is 457 g/mol. The summed E-state index contributed by atoms with van der Waals surface area (Å²) in [6.07, 6.45) is 4.85. The van der Waals surface area contributed by atoms with Crippen LogP contribution in [0.5, 0.6) is 11.5 Å². The van der Waals surface area contributed by atoms with E-state index in [4.69, 9.17) is 14.2 Å². The van der Waals surface area contributed by atoms with Gasteiger partial charge in [0.25, 0.3) is 5.91 Å². The van der Waals surface area contributed by atoms with Gasteiger partial charge in [0.15, 0.2) is 18.1 Å². The van der Waals surface area contributed by atoms with Crippen LogP contribution in [0, 0.1) is 17.3 Å². The first-order valence-corrected chi connectivity index (χ1v) is 12.2. The number of aliphatic hydroxyl groups is 1. The molecule has 0 radical (unpaired) electrons. The molecular weight excluding hydrogens is 424 g/mol. The van der Waals surface area contributed by atoms with Crippen molar-refractivity contribution in [3.05, 3.63) is 23.8 Å². The van der Waals surface area contributed by atoms with Crippen molar-refractivity contribution in [2.24, 2.45) is 17.3 Å². The molecule has 1 saturated heterocycles. The van der Waals surface area contributed by atoms with Crippen molar-refractivity contribution in [2.75, 3.05) is 39.6 Å². The van der Waals surface area contributed by atoms with Crippen LogP contribution >= 0.6 is 0 Å². The number of piperazine rings is 1. The molecule has 6 aliphatic rings. The fourth-order valence-electron chi connectivity index (χ4n) is 7.28. The van der Waals surface area contributed by atoms with Gasteiger partial charge in [-0.3, -0.25) is 14.5 Å². The van der Waals surface area contributed by atoms with Gasteiger partial charge >= 0.3 is 5.97 Å². The second-order valence-corrected chi connectivity index (χ2v) is 10.9. The average Bonchev–Trinajstić information content (AvgIpc) is 3.24. The van der Waals surface area contributed by atoms with Crippen molar-refractivity contribution in [1.82, 2.24) is 9.80 Å². The third kappa shape index (κ3) is 3.97. The topological polar surface area (TPSA) is 88.5 Å². The third-order valence-electron chi connectivity index (χ3n) is 8.36. The molecule has 0 aromatic heterocycles. The molecule has 7 rings (SSSR count). The predicted octanol–water partition coefficient (Wildman–Crippen LogP) is 1.93. The number of carbonyl (C=O) groups excluding carboxylic acids is 2. The number of hydrogen-bond donors (Lipinski definition) is 1. The number of rotatable bonds is 5. The van der Waals surface area contributed by atoms with E-state index < -0.39 is 11.0 Å². The molecule has 2 unspecified atom stereocenters. The quantitative estimate of drug-likeness (QED) is 0.678. The number of benzene rings is 1. The molecule has 2 atom stereocenters. The number of amides is 1. The lowest BCUT2D eigenvalue weighted by Crippen LogP contribution is -2.58. The standard InChI is InChI=1S/C25H32N2O6/c28-22(14-31-23(29)24-9-18-7-19(10-24)12-25(30,11-18)15-24)27-5-3-26(4-6-27)13-17-1-2-20-21(8-17)33-16-32-20/h1-2,8,18-19,30H,3-7,9-16H2. The van der Waals surface area contributed by atoms with E-state index in [1.807, 2.05) is 18.2 Å². The number of nitrogens with zero attached hydrogens (tertiary/aromatic N) is 2. The van der Waals surface area contributed by atoms with Crippen molar-refractivity contribution in [2.45, 2.75) is 50.7 Å². The van der Waals surface area contributed by atoms with E-state index >= 15 is 0 Å². The molecule has 1 aromatic carbocycles. The van der Waals surface area contributed by atoms with Crippen LogP contribution < -0.4 is 9.47 Å². The van der Waals surface area contributed by atoms with Crippen LogP contribution in [0.3, 0.4) is 0 Å². The minimum atomic E-state index is -0.707. The highest BCUT2D eigenvalue weighted by molar-refractivity contribution is 5.83. The minimum absolute atomic E-state index is 0.130. The molecule has 4 bridgehead atoms. The Hall–Kier alpha value is -2.32. The van der Waals surface area contributed by atoms with E-state index in [2.05, 4.69) is 4.90 Å². The Bertz CT molecular complexity index is 942. The summed E-state index contributed by atoms with van der Waals surface area (Å²) in [7, 11) is 0. The zero-order valence-electron chi connectivity index (χ0n) is 19.0. The van der Waals surface area contributed by atoms with Crippen molar-refractivity contribution in [3.63, 3.8) is 0 Å². The van der Waals surface area contributed by atoms with E-state index in [0.717, 1.165) is 68.8 Å². The summed E-state index contributed by atoms with van der Waals surface area (Å²) >= 11 is 0. The molecular formula is C25H32N2O6. The summed E-state index contributed by atoms with van der Waals surface area (Å²) in [5.74, 6) is 2.00. The van der Waals surface area contributed by atoms with Crippen molar-refractivity contribution in [1.29, 1.82) is 0 Å². The molecule has 178 valence electrons. The molecule has 8 nitrogen and oxygen atoms in total. The SMILES string of the molecule is O=C(COC(=O)C12CC3CC(CC(O)(C3)C1)C2)N1CCN(Cc2ccc3c(c2)OCO3)CC1. The molecule has 2 aliphatic heterocycles. The third-order valence-corrected chi connectivity index (χ3v) is 8.36. The Balaban J connectivity index is 0.987.